The van der Waals surface area contributed by atoms with Crippen LogP contribution in [0.1, 0.15) is 44.7 Å². The summed E-state index contributed by atoms with van der Waals surface area (Å²) in [7, 11) is 0. The summed E-state index contributed by atoms with van der Waals surface area (Å²) >= 11 is 0. The predicted octanol–water partition coefficient (Wildman–Crippen LogP) is 3.14. The molecule has 1 rings (SSSR count). The first-order valence-corrected chi connectivity index (χ1v) is 7.71. The molecular weight excluding hydrogens is 280 g/mol. The van der Waals surface area contributed by atoms with Gasteiger partial charge >= 0.3 is 6.09 Å². The molecule has 1 aromatic rings. The number of ether oxygens (including phenoxy) is 2. The van der Waals surface area contributed by atoms with Crippen molar-refractivity contribution in [2.24, 2.45) is 5.73 Å². The molecule has 5 nitrogen and oxygen atoms in total. The minimum atomic E-state index is -0.459. The first-order chi connectivity index (χ1) is 10.3. The van der Waals surface area contributed by atoms with Gasteiger partial charge in [-0.05, 0) is 63.8 Å². The highest BCUT2D eigenvalue weighted by atomic mass is 16.6. The lowest BCUT2D eigenvalue weighted by Gasteiger charge is -2.19. The van der Waals surface area contributed by atoms with Crippen molar-refractivity contribution in [3.05, 3.63) is 29.3 Å². The van der Waals surface area contributed by atoms with E-state index in [-0.39, 0.29) is 6.09 Å². The molecule has 0 radical (unpaired) electrons. The first-order valence-electron chi connectivity index (χ1n) is 7.71. The van der Waals surface area contributed by atoms with E-state index in [1.54, 1.807) is 0 Å². The Morgan fingerprint density at radius 2 is 2.00 bits per heavy atom. The molecule has 0 saturated heterocycles. The Morgan fingerprint density at radius 3 is 2.64 bits per heavy atom. The first kappa shape index (κ1) is 18.3. The zero-order chi connectivity index (χ0) is 16.6. The zero-order valence-corrected chi connectivity index (χ0v) is 14.1. The standard InChI is InChI=1S/C17H28N2O3/c1-13-7-8-15(11-14(13)12-18)21-10-6-5-9-19-16(20)22-17(2,3)4/h7-8,11H,5-6,9-10,12,18H2,1-4H3,(H,19,20). The van der Waals surface area contributed by atoms with Gasteiger partial charge in [-0.15, -0.1) is 0 Å². The Balaban J connectivity index is 2.17. The third kappa shape index (κ3) is 7.31. The largest absolute Gasteiger partial charge is 0.494 e. The van der Waals surface area contributed by atoms with Crippen molar-refractivity contribution in [2.45, 2.75) is 52.7 Å². The van der Waals surface area contributed by atoms with Crippen LogP contribution >= 0.6 is 0 Å². The van der Waals surface area contributed by atoms with Gasteiger partial charge in [-0.25, -0.2) is 4.79 Å². The Kier molecular flexibility index (Phi) is 7.18. The molecule has 0 fully saturated rings. The number of nitrogens with two attached hydrogens (primary N) is 1. The topological polar surface area (TPSA) is 73.6 Å². The Hall–Kier alpha value is -1.75. The van der Waals surface area contributed by atoms with Crippen LogP contribution < -0.4 is 15.8 Å². The van der Waals surface area contributed by atoms with E-state index in [2.05, 4.69) is 5.32 Å². The van der Waals surface area contributed by atoms with Gasteiger partial charge in [-0.2, -0.15) is 0 Å². The molecule has 0 heterocycles. The van der Waals surface area contributed by atoms with Crippen LogP contribution in [-0.4, -0.2) is 24.8 Å². The third-order valence-corrected chi connectivity index (χ3v) is 3.05. The van der Waals surface area contributed by atoms with Crippen LogP contribution in [0, 0.1) is 6.92 Å². The van der Waals surface area contributed by atoms with Crippen LogP contribution in [0.15, 0.2) is 18.2 Å². The van der Waals surface area contributed by atoms with E-state index in [9.17, 15) is 4.79 Å². The van der Waals surface area contributed by atoms with Crippen LogP contribution in [0.2, 0.25) is 0 Å². The molecule has 0 atom stereocenters. The minimum absolute atomic E-state index is 0.375. The van der Waals surface area contributed by atoms with E-state index in [4.69, 9.17) is 15.2 Å². The number of amides is 1. The average molecular weight is 308 g/mol. The number of carbonyl (C=O) groups excluding carboxylic acids is 1. The Morgan fingerprint density at radius 1 is 1.27 bits per heavy atom. The van der Waals surface area contributed by atoms with Crippen molar-refractivity contribution < 1.29 is 14.3 Å². The molecular formula is C17H28N2O3. The van der Waals surface area contributed by atoms with Gasteiger partial charge in [0, 0.05) is 13.1 Å². The number of alkyl carbamates (subject to hydrolysis) is 1. The second kappa shape index (κ2) is 8.63. The number of benzene rings is 1. The third-order valence-electron chi connectivity index (χ3n) is 3.05. The van der Waals surface area contributed by atoms with Gasteiger partial charge in [0.2, 0.25) is 0 Å². The van der Waals surface area contributed by atoms with Crippen molar-refractivity contribution in [2.75, 3.05) is 13.2 Å². The van der Waals surface area contributed by atoms with E-state index in [0.29, 0.717) is 19.7 Å². The summed E-state index contributed by atoms with van der Waals surface area (Å²) < 4.78 is 10.8. The van der Waals surface area contributed by atoms with Gasteiger partial charge in [0.1, 0.15) is 11.4 Å². The number of unbranched alkanes of at least 4 members (excludes halogenated alkanes) is 1. The lowest BCUT2D eigenvalue weighted by molar-refractivity contribution is 0.0526. The van der Waals surface area contributed by atoms with Crippen molar-refractivity contribution >= 4 is 6.09 Å². The van der Waals surface area contributed by atoms with Gasteiger partial charge in [0.15, 0.2) is 0 Å². The highest BCUT2D eigenvalue weighted by Crippen LogP contribution is 2.17. The molecule has 22 heavy (non-hydrogen) atoms. The lowest BCUT2D eigenvalue weighted by atomic mass is 10.1. The number of aryl methyl sites for hydroxylation is 1. The summed E-state index contributed by atoms with van der Waals surface area (Å²) in [4.78, 5) is 11.4. The summed E-state index contributed by atoms with van der Waals surface area (Å²) in [5.74, 6) is 0.839. The number of rotatable bonds is 7. The van der Waals surface area contributed by atoms with Crippen LogP contribution in [0.5, 0.6) is 5.75 Å². The molecule has 5 heteroatoms. The van der Waals surface area contributed by atoms with Gasteiger partial charge in [-0.1, -0.05) is 6.07 Å². The van der Waals surface area contributed by atoms with Crippen LogP contribution in [-0.2, 0) is 11.3 Å². The van der Waals surface area contributed by atoms with Gasteiger partial charge in [-0.3, -0.25) is 0 Å². The quantitative estimate of drug-likeness (QED) is 0.759. The van der Waals surface area contributed by atoms with Crippen molar-refractivity contribution in [1.29, 1.82) is 0 Å². The van der Waals surface area contributed by atoms with E-state index in [0.717, 1.165) is 24.2 Å². The molecule has 0 saturated carbocycles. The molecule has 0 aliphatic rings. The molecule has 0 aliphatic heterocycles. The second-order valence-corrected chi connectivity index (χ2v) is 6.28. The summed E-state index contributed by atoms with van der Waals surface area (Å²) in [6, 6.07) is 5.95. The van der Waals surface area contributed by atoms with Gasteiger partial charge in [0.25, 0.3) is 0 Å². The number of hydrogen-bond donors (Lipinski definition) is 2. The molecule has 0 aliphatic carbocycles. The SMILES string of the molecule is Cc1ccc(OCCCCNC(=O)OC(C)(C)C)cc1CN. The van der Waals surface area contributed by atoms with Crippen molar-refractivity contribution in [1.82, 2.24) is 5.32 Å². The van der Waals surface area contributed by atoms with E-state index in [1.807, 2.05) is 45.9 Å². The minimum Gasteiger partial charge on any atom is -0.494 e. The second-order valence-electron chi connectivity index (χ2n) is 6.28. The number of nitrogens with one attached hydrogen (secondary N) is 1. The zero-order valence-electron chi connectivity index (χ0n) is 14.1. The molecule has 1 amide bonds. The van der Waals surface area contributed by atoms with E-state index >= 15 is 0 Å². The predicted molar refractivity (Wildman–Crippen MR) is 88.0 cm³/mol. The number of hydrogen-bond acceptors (Lipinski definition) is 4. The summed E-state index contributed by atoms with van der Waals surface area (Å²) in [5.41, 5.74) is 7.50. The molecule has 0 aromatic heterocycles. The summed E-state index contributed by atoms with van der Waals surface area (Å²) in [6.07, 6.45) is 1.33. The maximum Gasteiger partial charge on any atom is 0.407 e. The number of carbonyl (C=O) groups is 1. The normalized spacial score (nSPS) is 11.1. The fraction of sp³-hybridized carbons (Fsp3) is 0.588. The van der Waals surface area contributed by atoms with Crippen molar-refractivity contribution in [3.63, 3.8) is 0 Å². The smallest absolute Gasteiger partial charge is 0.407 e. The monoisotopic (exact) mass is 308 g/mol. The molecule has 3 N–H and O–H groups in total. The van der Waals surface area contributed by atoms with Crippen LogP contribution in [0.3, 0.4) is 0 Å². The fourth-order valence-electron chi connectivity index (χ4n) is 1.88. The van der Waals surface area contributed by atoms with Gasteiger partial charge < -0.3 is 20.5 Å². The van der Waals surface area contributed by atoms with E-state index in [1.165, 1.54) is 5.56 Å². The van der Waals surface area contributed by atoms with Crippen LogP contribution in [0.25, 0.3) is 0 Å². The Bertz CT molecular complexity index is 481. The summed E-state index contributed by atoms with van der Waals surface area (Å²) in [6.45, 7) is 9.28. The molecule has 0 bridgehead atoms. The molecule has 124 valence electrons. The molecule has 0 unspecified atom stereocenters. The van der Waals surface area contributed by atoms with Crippen LogP contribution in [0.4, 0.5) is 4.79 Å². The molecule has 0 spiro atoms. The fourth-order valence-corrected chi connectivity index (χ4v) is 1.88. The van der Waals surface area contributed by atoms with E-state index < -0.39 is 5.60 Å². The maximum atomic E-state index is 11.4. The van der Waals surface area contributed by atoms with Gasteiger partial charge in [0.05, 0.1) is 6.61 Å². The van der Waals surface area contributed by atoms with Crippen molar-refractivity contribution in [3.8, 4) is 5.75 Å². The Labute approximate surface area is 133 Å². The maximum absolute atomic E-state index is 11.4. The lowest BCUT2D eigenvalue weighted by Crippen LogP contribution is -2.33. The highest BCUT2D eigenvalue weighted by Gasteiger charge is 2.15. The highest BCUT2D eigenvalue weighted by molar-refractivity contribution is 5.67. The average Bonchev–Trinajstić information content (AvgIpc) is 2.42. The molecule has 1 aromatic carbocycles. The summed E-state index contributed by atoms with van der Waals surface area (Å²) in [5, 5.41) is 2.73.